The molecule has 0 aromatic carbocycles. The van der Waals surface area contributed by atoms with Gasteiger partial charge >= 0.3 is 0 Å². The number of alkyl halides is 2. The first-order valence-corrected chi connectivity index (χ1v) is 6.13. The molecule has 0 amide bonds. The van der Waals surface area contributed by atoms with E-state index < -0.39 is 10.3 Å². The summed E-state index contributed by atoms with van der Waals surface area (Å²) in [4.78, 5) is 11.0. The molecule has 78 valence electrons. The largest absolute Gasteiger partial charge is 0.549 e. The molecule has 0 bridgehead atoms. The Balaban J connectivity index is 4.64. The van der Waals surface area contributed by atoms with Crippen LogP contribution in [0.4, 0.5) is 0 Å². The highest BCUT2D eigenvalue weighted by Crippen LogP contribution is 2.41. The summed E-state index contributed by atoms with van der Waals surface area (Å²) >= 11 is 6.57. The second kappa shape index (κ2) is 4.78. The Labute approximate surface area is 96.3 Å². The lowest BCUT2D eigenvalue weighted by molar-refractivity contribution is -0.311. The highest BCUT2D eigenvalue weighted by atomic mass is 79.9. The molecule has 0 aliphatic carbocycles. The third-order valence-corrected chi connectivity index (χ3v) is 4.64. The summed E-state index contributed by atoms with van der Waals surface area (Å²) in [5, 5.41) is 11.8. The first kappa shape index (κ1) is 13.4. The van der Waals surface area contributed by atoms with Crippen molar-refractivity contribution in [3.63, 3.8) is 0 Å². The number of halogens is 2. The smallest absolute Gasteiger partial charge is 0.0699 e. The van der Waals surface area contributed by atoms with E-state index in [9.17, 15) is 9.90 Å². The van der Waals surface area contributed by atoms with Crippen LogP contribution in [-0.4, -0.2) is 15.6 Å². The van der Waals surface area contributed by atoms with Crippen LogP contribution in [-0.2, 0) is 4.79 Å². The molecule has 4 heteroatoms. The van der Waals surface area contributed by atoms with Crippen molar-refractivity contribution in [2.75, 3.05) is 5.33 Å². The van der Waals surface area contributed by atoms with Crippen molar-refractivity contribution in [3.8, 4) is 0 Å². The van der Waals surface area contributed by atoms with Crippen LogP contribution in [0.2, 0.25) is 0 Å². The fourth-order valence-electron chi connectivity index (χ4n) is 1.09. The maximum atomic E-state index is 11.0. The Morgan fingerprint density at radius 2 is 1.85 bits per heavy atom. The minimum Gasteiger partial charge on any atom is -0.549 e. The van der Waals surface area contributed by atoms with Crippen LogP contribution >= 0.6 is 31.9 Å². The number of rotatable bonds is 4. The van der Waals surface area contributed by atoms with Crippen molar-refractivity contribution in [1.82, 2.24) is 0 Å². The molecule has 0 N–H and O–H groups in total. The van der Waals surface area contributed by atoms with Gasteiger partial charge in [0.1, 0.15) is 0 Å². The van der Waals surface area contributed by atoms with Gasteiger partial charge in [0.15, 0.2) is 0 Å². The normalized spacial score (nSPS) is 16.7. The van der Waals surface area contributed by atoms with E-state index in [1.807, 2.05) is 20.8 Å². The van der Waals surface area contributed by atoms with Crippen molar-refractivity contribution in [3.05, 3.63) is 0 Å². The molecular formula is C9H15Br2O2-. The molecule has 0 heterocycles. The van der Waals surface area contributed by atoms with E-state index in [4.69, 9.17) is 0 Å². The van der Waals surface area contributed by atoms with Gasteiger partial charge in [-0.05, 0) is 18.3 Å². The Morgan fingerprint density at radius 3 is 2.08 bits per heavy atom. The van der Waals surface area contributed by atoms with Crippen molar-refractivity contribution < 1.29 is 9.90 Å². The van der Waals surface area contributed by atoms with Gasteiger partial charge in [0.2, 0.25) is 0 Å². The van der Waals surface area contributed by atoms with Crippen molar-refractivity contribution in [1.29, 1.82) is 0 Å². The van der Waals surface area contributed by atoms with Gasteiger partial charge < -0.3 is 9.90 Å². The van der Waals surface area contributed by atoms with E-state index in [2.05, 4.69) is 31.9 Å². The fraction of sp³-hybridized carbons (Fsp3) is 0.889. The Kier molecular flexibility index (Phi) is 4.94. The molecule has 2 nitrogen and oxygen atoms in total. The highest BCUT2D eigenvalue weighted by molar-refractivity contribution is 9.10. The Bertz CT molecular complexity index is 187. The monoisotopic (exact) mass is 313 g/mol. The standard InChI is InChI=1S/C9H16Br2O2/c1-8(2,3)9(11,7(12)13)5-4-6-10/h4-6H2,1-3H3,(H,12,13)/p-1. The molecule has 0 aliphatic heterocycles. The van der Waals surface area contributed by atoms with Crippen LogP contribution in [0.1, 0.15) is 33.6 Å². The number of carboxylic acid groups (broad SMARTS) is 1. The van der Waals surface area contributed by atoms with Crippen molar-refractivity contribution >= 4 is 37.8 Å². The number of carboxylic acids is 1. The molecule has 1 atom stereocenters. The molecule has 0 fully saturated rings. The molecular weight excluding hydrogens is 300 g/mol. The van der Waals surface area contributed by atoms with Gasteiger partial charge in [0.25, 0.3) is 0 Å². The molecule has 0 rings (SSSR count). The summed E-state index contributed by atoms with van der Waals surface area (Å²) < 4.78 is -0.923. The minimum absolute atomic E-state index is 0.339. The number of aliphatic carboxylic acids is 1. The predicted molar refractivity (Wildman–Crippen MR) is 59.1 cm³/mol. The molecule has 0 aromatic rings. The summed E-state index contributed by atoms with van der Waals surface area (Å²) in [6.45, 7) is 5.68. The summed E-state index contributed by atoms with van der Waals surface area (Å²) in [6, 6.07) is 0. The first-order valence-electron chi connectivity index (χ1n) is 4.22. The zero-order valence-corrected chi connectivity index (χ0v) is 11.4. The van der Waals surface area contributed by atoms with Gasteiger partial charge in [-0.2, -0.15) is 0 Å². The van der Waals surface area contributed by atoms with Gasteiger partial charge in [-0.1, -0.05) is 52.6 Å². The van der Waals surface area contributed by atoms with E-state index in [1.165, 1.54) is 0 Å². The number of carbonyl (C=O) groups excluding carboxylic acids is 1. The van der Waals surface area contributed by atoms with E-state index in [-0.39, 0.29) is 5.41 Å². The van der Waals surface area contributed by atoms with Gasteiger partial charge in [-0.25, -0.2) is 0 Å². The van der Waals surface area contributed by atoms with Crippen LogP contribution in [0.3, 0.4) is 0 Å². The maximum absolute atomic E-state index is 11.0. The molecule has 0 spiro atoms. The lowest BCUT2D eigenvalue weighted by atomic mass is 9.78. The van der Waals surface area contributed by atoms with Crippen LogP contribution in [0, 0.1) is 5.41 Å². The van der Waals surface area contributed by atoms with Gasteiger partial charge in [0.05, 0.1) is 10.3 Å². The Hall–Kier alpha value is 0.430. The lowest BCUT2D eigenvalue weighted by Crippen LogP contribution is -2.52. The average molecular weight is 315 g/mol. The number of hydrogen-bond donors (Lipinski definition) is 0. The average Bonchev–Trinajstić information content (AvgIpc) is 1.97. The molecule has 0 radical (unpaired) electrons. The van der Waals surface area contributed by atoms with E-state index in [1.54, 1.807) is 0 Å². The zero-order chi connectivity index (χ0) is 10.7. The van der Waals surface area contributed by atoms with Crippen LogP contribution in [0.25, 0.3) is 0 Å². The van der Waals surface area contributed by atoms with Crippen molar-refractivity contribution in [2.24, 2.45) is 5.41 Å². The third-order valence-electron chi connectivity index (χ3n) is 2.17. The molecule has 13 heavy (non-hydrogen) atoms. The molecule has 0 saturated carbocycles. The van der Waals surface area contributed by atoms with Gasteiger partial charge in [-0.3, -0.25) is 0 Å². The van der Waals surface area contributed by atoms with Crippen molar-refractivity contribution in [2.45, 2.75) is 37.9 Å². The van der Waals surface area contributed by atoms with Gasteiger partial charge in [-0.15, -0.1) is 0 Å². The third kappa shape index (κ3) is 3.24. The minimum atomic E-state index is -1.03. The molecule has 0 aliphatic rings. The zero-order valence-electron chi connectivity index (χ0n) is 8.19. The SMILES string of the molecule is CC(C)(C)C(Br)(CCCBr)C(=O)[O-]. The summed E-state index contributed by atoms with van der Waals surface area (Å²) in [5.41, 5.74) is -0.339. The molecule has 0 aromatic heterocycles. The van der Waals surface area contributed by atoms with E-state index in [0.717, 1.165) is 11.8 Å². The van der Waals surface area contributed by atoms with Crippen LogP contribution in [0.15, 0.2) is 0 Å². The van der Waals surface area contributed by atoms with Crippen LogP contribution in [0.5, 0.6) is 0 Å². The maximum Gasteiger partial charge on any atom is 0.0699 e. The fourth-order valence-corrected chi connectivity index (χ4v) is 1.65. The van der Waals surface area contributed by atoms with E-state index in [0.29, 0.717) is 6.42 Å². The molecule has 0 saturated heterocycles. The first-order chi connectivity index (χ1) is 5.75. The topological polar surface area (TPSA) is 40.1 Å². The highest BCUT2D eigenvalue weighted by Gasteiger charge is 2.40. The number of hydrogen-bond acceptors (Lipinski definition) is 2. The quantitative estimate of drug-likeness (QED) is 0.745. The molecule has 1 unspecified atom stereocenters. The summed E-state index contributed by atoms with van der Waals surface area (Å²) in [7, 11) is 0. The predicted octanol–water partition coefficient (Wildman–Crippen LogP) is 2.09. The lowest BCUT2D eigenvalue weighted by Gasteiger charge is -2.41. The summed E-state index contributed by atoms with van der Waals surface area (Å²) in [5.74, 6) is -1.03. The Morgan fingerprint density at radius 1 is 1.38 bits per heavy atom. The van der Waals surface area contributed by atoms with Crippen LogP contribution < -0.4 is 5.11 Å². The second-order valence-corrected chi connectivity index (χ2v) is 6.28. The second-order valence-electron chi connectivity index (χ2n) is 4.13. The van der Waals surface area contributed by atoms with E-state index >= 15 is 0 Å². The summed E-state index contributed by atoms with van der Waals surface area (Å²) in [6.07, 6.45) is 1.39. The number of carbonyl (C=O) groups is 1. The van der Waals surface area contributed by atoms with Gasteiger partial charge in [0, 0.05) is 5.33 Å².